The number of carbonyl (C=O) groups is 1. The van der Waals surface area contributed by atoms with Crippen molar-refractivity contribution >= 4 is 17.0 Å². The number of fused-ring (bicyclic) bond motifs is 1. The molecule has 4 rings (SSSR count). The Kier molecular flexibility index (Phi) is 7.56. The van der Waals surface area contributed by atoms with Gasteiger partial charge in [0.2, 0.25) is 5.89 Å². The van der Waals surface area contributed by atoms with E-state index in [2.05, 4.69) is 21.7 Å². The summed E-state index contributed by atoms with van der Waals surface area (Å²) in [5.74, 6) is 0.349. The maximum absolute atomic E-state index is 12.5. The van der Waals surface area contributed by atoms with Crippen LogP contribution in [-0.4, -0.2) is 35.2 Å². The third kappa shape index (κ3) is 5.93. The highest BCUT2D eigenvalue weighted by Crippen LogP contribution is 2.31. The van der Waals surface area contributed by atoms with Crippen LogP contribution in [0.15, 0.2) is 71.1 Å². The van der Waals surface area contributed by atoms with Gasteiger partial charge in [-0.25, -0.2) is 4.98 Å². The summed E-state index contributed by atoms with van der Waals surface area (Å²) < 4.78 is 6.03. The summed E-state index contributed by atoms with van der Waals surface area (Å²) in [6.07, 6.45) is -0.699. The quantitative estimate of drug-likeness (QED) is 0.336. The summed E-state index contributed by atoms with van der Waals surface area (Å²) in [6, 6.07) is 22.6. The van der Waals surface area contributed by atoms with Crippen LogP contribution in [-0.2, 0) is 6.54 Å². The predicted octanol–water partition coefficient (Wildman–Crippen LogP) is 4.37. The van der Waals surface area contributed by atoms with Crippen molar-refractivity contribution < 1.29 is 14.3 Å². The molecule has 0 aliphatic rings. The number of oxazole rings is 1. The van der Waals surface area contributed by atoms with E-state index in [4.69, 9.17) is 4.42 Å². The molecule has 0 radical (unpaired) electrons. The Morgan fingerprint density at radius 2 is 1.83 bits per heavy atom. The Balaban J connectivity index is 1.36. The van der Waals surface area contributed by atoms with Crippen LogP contribution in [0.1, 0.15) is 46.8 Å². The number of rotatable bonds is 9. The standard InChI is InChI=1S/C28H28N4O3/c1-18(2)24-12-20(14-29)13-25-26(24)35-28(32-25)22-10-8-21(9-11-22)27(34)31-17-23(33)16-30-15-19-6-4-3-5-7-19/h3-13,18,23,30,33H,15-17H2,1-2H3,(H,31,34)/t23-/m0/s1. The first-order valence-electron chi connectivity index (χ1n) is 11.6. The highest BCUT2D eigenvalue weighted by atomic mass is 16.3. The van der Waals surface area contributed by atoms with Crippen molar-refractivity contribution in [3.05, 3.63) is 89.0 Å². The molecule has 0 bridgehead atoms. The molecule has 7 nitrogen and oxygen atoms in total. The van der Waals surface area contributed by atoms with Crippen molar-refractivity contribution in [1.29, 1.82) is 5.26 Å². The number of aromatic nitrogens is 1. The average molecular weight is 469 g/mol. The fourth-order valence-corrected chi connectivity index (χ4v) is 3.80. The summed E-state index contributed by atoms with van der Waals surface area (Å²) in [5, 5.41) is 25.4. The van der Waals surface area contributed by atoms with Gasteiger partial charge in [0, 0.05) is 36.3 Å². The Hall–Kier alpha value is -3.99. The van der Waals surface area contributed by atoms with E-state index in [-0.39, 0.29) is 18.4 Å². The molecule has 0 saturated carbocycles. The SMILES string of the molecule is CC(C)c1cc(C#N)cc2nc(-c3ccc(C(=O)NC[C@@H](O)CNCc4ccccc4)cc3)oc12. The number of carbonyl (C=O) groups excluding carboxylic acids is 1. The van der Waals surface area contributed by atoms with E-state index in [1.807, 2.05) is 50.2 Å². The summed E-state index contributed by atoms with van der Waals surface area (Å²) in [7, 11) is 0. The molecule has 1 amide bonds. The van der Waals surface area contributed by atoms with E-state index in [9.17, 15) is 15.2 Å². The zero-order chi connectivity index (χ0) is 24.8. The van der Waals surface area contributed by atoms with Crippen molar-refractivity contribution in [3.63, 3.8) is 0 Å². The van der Waals surface area contributed by atoms with Crippen molar-refractivity contribution in [2.75, 3.05) is 13.1 Å². The number of hydrogen-bond acceptors (Lipinski definition) is 6. The molecule has 1 heterocycles. The molecule has 0 spiro atoms. The van der Waals surface area contributed by atoms with E-state index in [1.165, 1.54) is 0 Å². The number of aliphatic hydroxyl groups excluding tert-OH is 1. The minimum atomic E-state index is -0.699. The molecule has 3 aromatic carbocycles. The number of nitrogens with zero attached hydrogens (tertiary/aromatic N) is 2. The lowest BCUT2D eigenvalue weighted by Gasteiger charge is -2.13. The van der Waals surface area contributed by atoms with Crippen molar-refractivity contribution in [1.82, 2.24) is 15.6 Å². The van der Waals surface area contributed by atoms with E-state index >= 15 is 0 Å². The molecule has 0 aliphatic heterocycles. The van der Waals surface area contributed by atoms with Crippen LogP contribution in [0.2, 0.25) is 0 Å². The van der Waals surface area contributed by atoms with Crippen LogP contribution in [0.25, 0.3) is 22.6 Å². The van der Waals surface area contributed by atoms with Crippen molar-refractivity contribution in [2.24, 2.45) is 0 Å². The summed E-state index contributed by atoms with van der Waals surface area (Å²) >= 11 is 0. The molecular weight excluding hydrogens is 440 g/mol. The number of hydrogen-bond donors (Lipinski definition) is 3. The summed E-state index contributed by atoms with van der Waals surface area (Å²) in [5.41, 5.74) is 5.13. The largest absolute Gasteiger partial charge is 0.436 e. The Morgan fingerprint density at radius 3 is 2.51 bits per heavy atom. The molecule has 178 valence electrons. The van der Waals surface area contributed by atoms with Crippen LogP contribution in [0, 0.1) is 11.3 Å². The van der Waals surface area contributed by atoms with Gasteiger partial charge in [-0.3, -0.25) is 4.79 Å². The van der Waals surface area contributed by atoms with Gasteiger partial charge < -0.3 is 20.2 Å². The highest BCUT2D eigenvalue weighted by molar-refractivity contribution is 5.94. The van der Waals surface area contributed by atoms with E-state index < -0.39 is 6.10 Å². The zero-order valence-corrected chi connectivity index (χ0v) is 19.8. The van der Waals surface area contributed by atoms with E-state index in [1.54, 1.807) is 30.3 Å². The second-order valence-electron chi connectivity index (χ2n) is 8.76. The van der Waals surface area contributed by atoms with Gasteiger partial charge in [-0.2, -0.15) is 5.26 Å². The number of nitriles is 1. The number of aliphatic hydroxyl groups is 1. The predicted molar refractivity (Wildman–Crippen MR) is 135 cm³/mol. The van der Waals surface area contributed by atoms with Gasteiger partial charge in [-0.1, -0.05) is 44.2 Å². The van der Waals surface area contributed by atoms with Crippen molar-refractivity contribution in [2.45, 2.75) is 32.4 Å². The topological polar surface area (TPSA) is 111 Å². The first-order chi connectivity index (χ1) is 16.9. The molecule has 3 N–H and O–H groups in total. The molecule has 1 atom stereocenters. The molecular formula is C28H28N4O3. The Bertz CT molecular complexity index is 1340. The van der Waals surface area contributed by atoms with Gasteiger partial charge in [0.25, 0.3) is 5.91 Å². The lowest BCUT2D eigenvalue weighted by molar-refractivity contribution is 0.0915. The molecule has 0 aliphatic carbocycles. The monoisotopic (exact) mass is 468 g/mol. The fourth-order valence-electron chi connectivity index (χ4n) is 3.80. The maximum atomic E-state index is 12.5. The van der Waals surface area contributed by atoms with Gasteiger partial charge in [-0.15, -0.1) is 0 Å². The van der Waals surface area contributed by atoms with Gasteiger partial charge in [0.1, 0.15) is 5.52 Å². The van der Waals surface area contributed by atoms with Crippen LogP contribution in [0.5, 0.6) is 0 Å². The van der Waals surface area contributed by atoms with Gasteiger partial charge >= 0.3 is 0 Å². The Labute approximate surface area is 204 Å². The van der Waals surface area contributed by atoms with Gasteiger partial charge in [0.05, 0.1) is 17.7 Å². The molecule has 35 heavy (non-hydrogen) atoms. The smallest absolute Gasteiger partial charge is 0.251 e. The minimum absolute atomic E-state index is 0.146. The van der Waals surface area contributed by atoms with Gasteiger partial charge in [-0.05, 0) is 47.9 Å². The fraction of sp³-hybridized carbons (Fsp3) is 0.250. The molecule has 1 aromatic heterocycles. The Morgan fingerprint density at radius 1 is 1.09 bits per heavy atom. The van der Waals surface area contributed by atoms with Crippen molar-refractivity contribution in [3.8, 4) is 17.5 Å². The van der Waals surface area contributed by atoms with E-state index in [0.29, 0.717) is 41.2 Å². The van der Waals surface area contributed by atoms with E-state index in [0.717, 1.165) is 16.7 Å². The zero-order valence-electron chi connectivity index (χ0n) is 19.8. The average Bonchev–Trinajstić information content (AvgIpc) is 3.31. The summed E-state index contributed by atoms with van der Waals surface area (Å²) in [4.78, 5) is 17.1. The molecule has 7 heteroatoms. The summed E-state index contributed by atoms with van der Waals surface area (Å²) in [6.45, 7) is 5.26. The molecule has 4 aromatic rings. The number of nitrogens with one attached hydrogen (secondary N) is 2. The first-order valence-corrected chi connectivity index (χ1v) is 11.6. The second-order valence-corrected chi connectivity index (χ2v) is 8.76. The minimum Gasteiger partial charge on any atom is -0.436 e. The third-order valence-electron chi connectivity index (χ3n) is 5.71. The normalized spacial score (nSPS) is 12.0. The first kappa shape index (κ1) is 24.1. The third-order valence-corrected chi connectivity index (χ3v) is 5.71. The molecule has 0 saturated heterocycles. The van der Waals surface area contributed by atoms with Crippen LogP contribution < -0.4 is 10.6 Å². The van der Waals surface area contributed by atoms with Crippen LogP contribution in [0.4, 0.5) is 0 Å². The lowest BCUT2D eigenvalue weighted by Crippen LogP contribution is -2.37. The molecule has 0 fully saturated rings. The lowest BCUT2D eigenvalue weighted by atomic mass is 10.00. The number of benzene rings is 3. The highest BCUT2D eigenvalue weighted by Gasteiger charge is 2.16. The van der Waals surface area contributed by atoms with Gasteiger partial charge in [0.15, 0.2) is 5.58 Å². The second kappa shape index (κ2) is 11.0. The maximum Gasteiger partial charge on any atom is 0.251 e. The number of amides is 1. The molecule has 0 unspecified atom stereocenters. The van der Waals surface area contributed by atoms with Crippen LogP contribution in [0.3, 0.4) is 0 Å². The van der Waals surface area contributed by atoms with Crippen LogP contribution >= 0.6 is 0 Å².